The first-order chi connectivity index (χ1) is 11.2. The Morgan fingerprint density at radius 2 is 1.96 bits per heavy atom. The van der Waals surface area contributed by atoms with E-state index in [4.69, 9.17) is 11.6 Å². The van der Waals surface area contributed by atoms with Gasteiger partial charge in [-0.05, 0) is 25.2 Å². The van der Waals surface area contributed by atoms with Gasteiger partial charge in [0.1, 0.15) is 0 Å². The predicted molar refractivity (Wildman–Crippen MR) is 93.3 cm³/mol. The molecule has 1 aromatic carbocycles. The monoisotopic (exact) mass is 390 g/mol. The van der Waals surface area contributed by atoms with E-state index in [1.807, 2.05) is 7.05 Å². The molecular formula is C16H24Cl2N4O3. The maximum atomic E-state index is 12.4. The van der Waals surface area contributed by atoms with Crippen LogP contribution in [-0.2, 0) is 9.59 Å². The molecule has 0 spiro atoms. The van der Waals surface area contributed by atoms with Crippen LogP contribution in [-0.4, -0.2) is 73.2 Å². The van der Waals surface area contributed by atoms with Crippen LogP contribution in [0.15, 0.2) is 18.2 Å². The molecule has 2 rings (SSSR count). The summed E-state index contributed by atoms with van der Waals surface area (Å²) in [7, 11) is 4.08. The van der Waals surface area contributed by atoms with Crippen LogP contribution in [0.1, 0.15) is 6.92 Å². The molecule has 1 aliphatic heterocycles. The minimum atomic E-state index is -0.384. The fourth-order valence-electron chi connectivity index (χ4n) is 2.67. The standard InChI is InChI=1S/C16H23ClN4O3.ClH/c1-12(22)18-15-5-4-13(10-14(15)17)20(24)16(23)11-21(3)8-6-19(2)7-9-21;/h4-5,10,24H,6-9,11H2,1-3H3;1H. The van der Waals surface area contributed by atoms with E-state index in [9.17, 15) is 14.8 Å². The lowest BCUT2D eigenvalue weighted by Crippen LogP contribution is -3.00. The molecule has 0 aliphatic carbocycles. The Labute approximate surface area is 159 Å². The van der Waals surface area contributed by atoms with Gasteiger partial charge in [-0.15, -0.1) is 0 Å². The largest absolute Gasteiger partial charge is 1.00 e. The van der Waals surface area contributed by atoms with E-state index in [1.54, 1.807) is 12.1 Å². The quantitative estimate of drug-likeness (QED) is 0.369. The van der Waals surface area contributed by atoms with Gasteiger partial charge >= 0.3 is 5.91 Å². The summed E-state index contributed by atoms with van der Waals surface area (Å²) < 4.78 is 0.595. The lowest BCUT2D eigenvalue weighted by molar-refractivity contribution is -0.906. The summed E-state index contributed by atoms with van der Waals surface area (Å²) in [5, 5.41) is 13.7. The number of amides is 2. The molecule has 2 N–H and O–H groups in total. The third kappa shape index (κ3) is 5.83. The highest BCUT2D eigenvalue weighted by Crippen LogP contribution is 2.27. The first kappa shape index (κ1) is 21.7. The van der Waals surface area contributed by atoms with Gasteiger partial charge in [0, 0.05) is 20.0 Å². The van der Waals surface area contributed by atoms with E-state index < -0.39 is 0 Å². The molecule has 0 bridgehead atoms. The van der Waals surface area contributed by atoms with Crippen molar-refractivity contribution in [3.8, 4) is 0 Å². The molecule has 0 unspecified atom stereocenters. The molecule has 9 heteroatoms. The van der Waals surface area contributed by atoms with Crippen LogP contribution in [0.25, 0.3) is 0 Å². The molecule has 1 saturated heterocycles. The number of anilines is 2. The van der Waals surface area contributed by atoms with E-state index in [2.05, 4.69) is 17.3 Å². The van der Waals surface area contributed by atoms with Gasteiger partial charge in [-0.25, -0.2) is 0 Å². The number of quaternary nitrogens is 1. The molecule has 0 saturated carbocycles. The van der Waals surface area contributed by atoms with Crippen molar-refractivity contribution >= 4 is 34.8 Å². The first-order valence-electron chi connectivity index (χ1n) is 7.81. The van der Waals surface area contributed by atoms with Crippen LogP contribution in [0.2, 0.25) is 5.02 Å². The Hall–Kier alpha value is -1.38. The van der Waals surface area contributed by atoms with Crippen molar-refractivity contribution in [3.63, 3.8) is 0 Å². The first-order valence-corrected chi connectivity index (χ1v) is 8.19. The number of rotatable bonds is 4. The van der Waals surface area contributed by atoms with Crippen LogP contribution in [0.5, 0.6) is 0 Å². The summed E-state index contributed by atoms with van der Waals surface area (Å²) in [6.45, 7) is 5.16. The van der Waals surface area contributed by atoms with Crippen molar-refractivity contribution in [1.29, 1.82) is 0 Å². The average Bonchev–Trinajstić information content (AvgIpc) is 2.51. The number of nitrogens with one attached hydrogen (secondary N) is 1. The van der Waals surface area contributed by atoms with Gasteiger partial charge in [0.15, 0.2) is 6.54 Å². The zero-order chi connectivity index (χ0) is 17.9. The molecule has 1 aromatic rings. The smallest absolute Gasteiger partial charge is 0.305 e. The summed E-state index contributed by atoms with van der Waals surface area (Å²) in [4.78, 5) is 25.7. The normalized spacial score (nSPS) is 16.7. The Kier molecular flexibility index (Phi) is 7.64. The molecule has 0 radical (unpaired) electrons. The molecule has 140 valence electrons. The highest BCUT2D eigenvalue weighted by Gasteiger charge is 2.32. The second-order valence-electron chi connectivity index (χ2n) is 6.58. The van der Waals surface area contributed by atoms with Gasteiger partial charge in [-0.2, -0.15) is 5.06 Å². The summed E-state index contributed by atoms with van der Waals surface area (Å²) in [6.07, 6.45) is 0. The maximum absolute atomic E-state index is 12.4. The van der Waals surface area contributed by atoms with Crippen LogP contribution in [0.4, 0.5) is 11.4 Å². The number of nitrogens with zero attached hydrogens (tertiary/aromatic N) is 3. The van der Waals surface area contributed by atoms with Crippen LogP contribution in [0.3, 0.4) is 0 Å². The third-order valence-electron chi connectivity index (χ3n) is 4.30. The van der Waals surface area contributed by atoms with E-state index in [0.29, 0.717) is 15.2 Å². The van der Waals surface area contributed by atoms with E-state index >= 15 is 0 Å². The summed E-state index contributed by atoms with van der Waals surface area (Å²) in [5.41, 5.74) is 0.714. The van der Waals surface area contributed by atoms with E-state index in [-0.39, 0.29) is 41.5 Å². The molecule has 25 heavy (non-hydrogen) atoms. The van der Waals surface area contributed by atoms with E-state index in [0.717, 1.165) is 26.2 Å². The van der Waals surface area contributed by atoms with Crippen molar-refractivity contribution in [2.24, 2.45) is 0 Å². The van der Waals surface area contributed by atoms with Gasteiger partial charge in [-0.1, -0.05) is 11.6 Å². The van der Waals surface area contributed by atoms with Crippen LogP contribution in [0, 0.1) is 0 Å². The molecule has 1 aliphatic rings. The van der Waals surface area contributed by atoms with Gasteiger partial charge in [-0.3, -0.25) is 19.7 Å². The Bertz CT molecular complexity index is 634. The van der Waals surface area contributed by atoms with Crippen molar-refractivity contribution < 1.29 is 31.7 Å². The number of likely N-dealkylation sites (N-methyl/N-ethyl adjacent to an activating group) is 2. The zero-order valence-electron chi connectivity index (χ0n) is 14.6. The SMILES string of the molecule is CC(=O)Nc1ccc(N(O)C(=O)C[N+]2(C)CCN(C)CC2)cc1Cl.[Cl-]. The summed E-state index contributed by atoms with van der Waals surface area (Å²) in [5.74, 6) is -0.625. The fourth-order valence-corrected chi connectivity index (χ4v) is 2.89. The van der Waals surface area contributed by atoms with Crippen molar-refractivity contribution in [1.82, 2.24) is 4.90 Å². The Morgan fingerprint density at radius 1 is 1.36 bits per heavy atom. The van der Waals surface area contributed by atoms with Crippen molar-refractivity contribution in [3.05, 3.63) is 23.2 Å². The van der Waals surface area contributed by atoms with Gasteiger partial charge in [0.2, 0.25) is 5.91 Å². The predicted octanol–water partition coefficient (Wildman–Crippen LogP) is -1.58. The molecule has 7 nitrogen and oxygen atoms in total. The fraction of sp³-hybridized carbons (Fsp3) is 0.500. The lowest BCUT2D eigenvalue weighted by atomic mass is 10.2. The van der Waals surface area contributed by atoms with Gasteiger partial charge < -0.3 is 22.2 Å². The summed E-state index contributed by atoms with van der Waals surface area (Å²) in [6, 6.07) is 4.55. The van der Waals surface area contributed by atoms with Crippen molar-refractivity contribution in [2.75, 3.05) is 57.2 Å². The molecule has 0 aromatic heterocycles. The second kappa shape index (κ2) is 8.82. The van der Waals surface area contributed by atoms with Gasteiger partial charge in [0.05, 0.1) is 36.5 Å². The Morgan fingerprint density at radius 3 is 2.48 bits per heavy atom. The maximum Gasteiger partial charge on any atom is 0.305 e. The van der Waals surface area contributed by atoms with Crippen LogP contribution < -0.4 is 22.8 Å². The van der Waals surface area contributed by atoms with E-state index in [1.165, 1.54) is 13.0 Å². The number of hydroxylamine groups is 1. The number of carbonyl (C=O) groups excluding carboxylic acids is 2. The molecular weight excluding hydrogens is 367 g/mol. The molecule has 1 fully saturated rings. The highest BCUT2D eigenvalue weighted by molar-refractivity contribution is 6.34. The average molecular weight is 391 g/mol. The number of benzene rings is 1. The summed E-state index contributed by atoms with van der Waals surface area (Å²) >= 11 is 6.08. The Balaban J connectivity index is 0.00000312. The lowest BCUT2D eigenvalue weighted by Gasteiger charge is -2.40. The number of carbonyl (C=O) groups is 2. The van der Waals surface area contributed by atoms with Gasteiger partial charge in [0.25, 0.3) is 0 Å². The number of hydrogen-bond donors (Lipinski definition) is 2. The second-order valence-corrected chi connectivity index (χ2v) is 6.99. The van der Waals surface area contributed by atoms with Crippen LogP contribution >= 0.6 is 11.6 Å². The minimum absolute atomic E-state index is 0. The minimum Gasteiger partial charge on any atom is -1.00 e. The molecule has 2 amide bonds. The topological polar surface area (TPSA) is 72.9 Å². The third-order valence-corrected chi connectivity index (χ3v) is 4.62. The zero-order valence-corrected chi connectivity index (χ0v) is 16.1. The molecule has 0 atom stereocenters. The highest BCUT2D eigenvalue weighted by atomic mass is 35.5. The number of piperazine rings is 1. The number of halogens is 2. The van der Waals surface area contributed by atoms with Crippen molar-refractivity contribution in [2.45, 2.75) is 6.92 Å². The number of hydrogen-bond acceptors (Lipinski definition) is 4. The molecule has 1 heterocycles.